The van der Waals surface area contributed by atoms with Gasteiger partial charge in [0.2, 0.25) is 11.8 Å². The van der Waals surface area contributed by atoms with Crippen LogP contribution in [0.4, 0.5) is 5.69 Å². The predicted octanol–water partition coefficient (Wildman–Crippen LogP) is 1.98. The van der Waals surface area contributed by atoms with Gasteiger partial charge in [-0.25, -0.2) is 4.79 Å². The number of esters is 1. The van der Waals surface area contributed by atoms with Crippen molar-refractivity contribution in [2.24, 2.45) is 23.7 Å². The fourth-order valence-electron chi connectivity index (χ4n) is 4.91. The number of aryl methyl sites for hydroxylation is 2. The molecule has 0 spiro atoms. The van der Waals surface area contributed by atoms with Crippen LogP contribution >= 0.6 is 0 Å². The van der Waals surface area contributed by atoms with Gasteiger partial charge in [-0.05, 0) is 62.3 Å². The van der Waals surface area contributed by atoms with Gasteiger partial charge in [-0.3, -0.25) is 19.3 Å². The topological polar surface area (TPSA) is 92.8 Å². The van der Waals surface area contributed by atoms with Crippen LogP contribution in [-0.2, 0) is 23.9 Å². The minimum absolute atomic E-state index is 0.0817. The van der Waals surface area contributed by atoms with Gasteiger partial charge in [-0.15, -0.1) is 0 Å². The summed E-state index contributed by atoms with van der Waals surface area (Å²) in [6.45, 7) is 4.83. The Morgan fingerprint density at radius 3 is 2.17 bits per heavy atom. The van der Waals surface area contributed by atoms with Crippen LogP contribution < -0.4 is 5.32 Å². The van der Waals surface area contributed by atoms with E-state index in [0.717, 1.165) is 22.4 Å². The maximum atomic E-state index is 12.8. The number of fused-ring (bicyclic) bond motifs is 5. The number of carbonyl (C=O) groups excluding carboxylic acids is 4. The molecule has 1 saturated heterocycles. The second kappa shape index (κ2) is 7.13. The third kappa shape index (κ3) is 3.34. The summed E-state index contributed by atoms with van der Waals surface area (Å²) < 4.78 is 5.09. The lowest BCUT2D eigenvalue weighted by Gasteiger charge is -2.23. The van der Waals surface area contributed by atoms with Crippen molar-refractivity contribution in [2.45, 2.75) is 33.2 Å². The number of hydrogen-bond donors (Lipinski definition) is 1. The number of nitrogens with zero attached hydrogens (tertiary/aromatic N) is 1. The van der Waals surface area contributed by atoms with Gasteiger partial charge in [0, 0.05) is 5.69 Å². The molecule has 0 aromatic heterocycles. The number of benzene rings is 1. The van der Waals surface area contributed by atoms with E-state index in [2.05, 4.69) is 5.32 Å². The molecular formula is C22H24N2O5. The number of likely N-dealkylation sites (tertiary alicyclic amines) is 1. The Hall–Kier alpha value is -2.96. The van der Waals surface area contributed by atoms with E-state index in [4.69, 9.17) is 4.74 Å². The van der Waals surface area contributed by atoms with Gasteiger partial charge in [0.1, 0.15) is 6.04 Å². The number of amides is 3. The normalized spacial score (nSPS) is 27.9. The Kier molecular flexibility index (Phi) is 4.76. The molecular weight excluding hydrogens is 372 g/mol. The molecule has 1 aliphatic heterocycles. The van der Waals surface area contributed by atoms with Gasteiger partial charge < -0.3 is 10.1 Å². The second-order valence-corrected chi connectivity index (χ2v) is 8.25. The lowest BCUT2D eigenvalue weighted by Crippen LogP contribution is -2.45. The Labute approximate surface area is 169 Å². The van der Waals surface area contributed by atoms with Crippen LogP contribution in [0.25, 0.3) is 0 Å². The van der Waals surface area contributed by atoms with Crippen molar-refractivity contribution in [3.8, 4) is 0 Å². The van der Waals surface area contributed by atoms with Crippen molar-refractivity contribution >= 4 is 29.4 Å². The van der Waals surface area contributed by atoms with Crippen LogP contribution in [0, 0.1) is 37.5 Å². The zero-order chi connectivity index (χ0) is 20.9. The van der Waals surface area contributed by atoms with E-state index >= 15 is 0 Å². The van der Waals surface area contributed by atoms with E-state index in [9.17, 15) is 19.2 Å². The molecule has 7 nitrogen and oxygen atoms in total. The van der Waals surface area contributed by atoms with Crippen LogP contribution in [0.3, 0.4) is 0 Å². The first-order valence-electron chi connectivity index (χ1n) is 9.86. The van der Waals surface area contributed by atoms with Crippen LogP contribution in [0.2, 0.25) is 0 Å². The number of rotatable bonds is 5. The van der Waals surface area contributed by atoms with Crippen molar-refractivity contribution in [1.82, 2.24) is 4.90 Å². The van der Waals surface area contributed by atoms with Crippen LogP contribution in [0.15, 0.2) is 30.4 Å². The molecule has 4 rings (SSSR count). The maximum absolute atomic E-state index is 12.8. The quantitative estimate of drug-likeness (QED) is 0.467. The average Bonchev–Trinajstić information content (AvgIpc) is 3.32. The van der Waals surface area contributed by atoms with E-state index < -0.39 is 24.5 Å². The molecule has 1 saturated carbocycles. The summed E-state index contributed by atoms with van der Waals surface area (Å²) in [6.07, 6.45) is 4.83. The van der Waals surface area contributed by atoms with Gasteiger partial charge in [0.15, 0.2) is 6.61 Å². The Morgan fingerprint density at radius 1 is 1.07 bits per heavy atom. The highest BCUT2D eigenvalue weighted by atomic mass is 16.5. The lowest BCUT2D eigenvalue weighted by molar-refractivity contribution is -0.159. The first-order chi connectivity index (χ1) is 13.8. The first kappa shape index (κ1) is 19.4. The molecule has 3 aliphatic rings. The number of hydrogen-bond acceptors (Lipinski definition) is 5. The van der Waals surface area contributed by atoms with Crippen molar-refractivity contribution in [3.05, 3.63) is 41.5 Å². The van der Waals surface area contributed by atoms with Crippen molar-refractivity contribution in [2.75, 3.05) is 11.9 Å². The van der Waals surface area contributed by atoms with E-state index in [-0.39, 0.29) is 35.5 Å². The number of ether oxygens (including phenoxy) is 1. The van der Waals surface area contributed by atoms with Crippen LogP contribution in [0.1, 0.15) is 24.5 Å². The predicted molar refractivity (Wildman–Crippen MR) is 105 cm³/mol. The van der Waals surface area contributed by atoms with Gasteiger partial charge in [-0.2, -0.15) is 0 Å². The molecule has 5 atom stereocenters. The Morgan fingerprint density at radius 2 is 1.62 bits per heavy atom. The van der Waals surface area contributed by atoms with E-state index in [1.807, 2.05) is 44.2 Å². The highest BCUT2D eigenvalue weighted by molar-refractivity contribution is 6.09. The molecule has 0 unspecified atom stereocenters. The first-order valence-corrected chi connectivity index (χ1v) is 9.86. The molecule has 29 heavy (non-hydrogen) atoms. The van der Waals surface area contributed by atoms with Gasteiger partial charge in [0.05, 0.1) is 11.8 Å². The fourth-order valence-corrected chi connectivity index (χ4v) is 4.91. The summed E-state index contributed by atoms with van der Waals surface area (Å²) in [5.41, 5.74) is 2.63. The molecule has 1 N–H and O–H groups in total. The third-order valence-corrected chi connectivity index (χ3v) is 6.08. The maximum Gasteiger partial charge on any atom is 0.329 e. The summed E-state index contributed by atoms with van der Waals surface area (Å²) in [5, 5.41) is 2.69. The summed E-state index contributed by atoms with van der Waals surface area (Å²) in [6, 6.07) is 4.57. The van der Waals surface area contributed by atoms with E-state index in [1.165, 1.54) is 6.92 Å². The second-order valence-electron chi connectivity index (χ2n) is 8.25. The van der Waals surface area contributed by atoms with Crippen molar-refractivity contribution in [1.29, 1.82) is 0 Å². The number of anilines is 1. The number of nitrogens with one attached hydrogen (secondary N) is 1. The number of allylic oxidation sites excluding steroid dienone is 2. The van der Waals surface area contributed by atoms with Crippen molar-refractivity contribution < 1.29 is 23.9 Å². The highest BCUT2D eigenvalue weighted by Gasteiger charge is 2.60. The third-order valence-electron chi connectivity index (χ3n) is 6.08. The largest absolute Gasteiger partial charge is 0.454 e. The summed E-state index contributed by atoms with van der Waals surface area (Å²) in [5.74, 6) is -2.41. The standard InChI is InChI=1S/C22H24N2O5/c1-11-6-12(2)8-16(7-11)23-17(25)10-29-22(28)13(3)24-20(26)18-14-4-5-15(9-14)19(18)21(24)27/h4-8,13-15,18-19H,9-10H2,1-3H3,(H,23,25)/t13-,14-,15-,18+,19+/m0/s1. The smallest absolute Gasteiger partial charge is 0.329 e. The fraction of sp³-hybridized carbons (Fsp3) is 0.455. The summed E-state index contributed by atoms with van der Waals surface area (Å²) in [4.78, 5) is 51.1. The molecule has 0 radical (unpaired) electrons. The summed E-state index contributed by atoms with van der Waals surface area (Å²) in [7, 11) is 0. The highest BCUT2D eigenvalue weighted by Crippen LogP contribution is 2.52. The monoisotopic (exact) mass is 396 g/mol. The summed E-state index contributed by atoms with van der Waals surface area (Å²) >= 11 is 0. The van der Waals surface area contributed by atoms with Crippen LogP contribution in [-0.4, -0.2) is 41.2 Å². The van der Waals surface area contributed by atoms with Gasteiger partial charge in [-0.1, -0.05) is 18.2 Å². The van der Waals surface area contributed by atoms with E-state index in [1.54, 1.807) is 0 Å². The molecule has 1 aromatic carbocycles. The SMILES string of the molecule is Cc1cc(C)cc(NC(=O)COC(=O)[C@H](C)N2C(=O)[C@H]3[C@H](C2=O)[C@H]2C=C[C@H]3C2)c1. The van der Waals surface area contributed by atoms with Crippen LogP contribution in [0.5, 0.6) is 0 Å². The molecule has 2 bridgehead atoms. The number of imide groups is 1. The zero-order valence-corrected chi connectivity index (χ0v) is 16.7. The van der Waals surface area contributed by atoms with E-state index in [0.29, 0.717) is 5.69 Å². The number of carbonyl (C=O) groups is 4. The lowest BCUT2D eigenvalue weighted by atomic mass is 9.85. The molecule has 2 aliphatic carbocycles. The zero-order valence-electron chi connectivity index (χ0n) is 16.7. The molecule has 1 heterocycles. The Bertz CT molecular complexity index is 887. The van der Waals surface area contributed by atoms with Gasteiger partial charge in [0.25, 0.3) is 5.91 Å². The van der Waals surface area contributed by atoms with Crippen molar-refractivity contribution in [3.63, 3.8) is 0 Å². The van der Waals surface area contributed by atoms with Gasteiger partial charge >= 0.3 is 5.97 Å². The minimum Gasteiger partial charge on any atom is -0.454 e. The minimum atomic E-state index is -1.05. The average molecular weight is 396 g/mol. The molecule has 3 amide bonds. The molecule has 7 heteroatoms. The molecule has 2 fully saturated rings. The Balaban J connectivity index is 1.35. The molecule has 1 aromatic rings. The molecule has 152 valence electrons.